The number of nitrogens with two attached hydrogens (primary N) is 1. The van der Waals surface area contributed by atoms with Crippen molar-refractivity contribution in [1.82, 2.24) is 0 Å². The van der Waals surface area contributed by atoms with Crippen molar-refractivity contribution in [2.45, 2.75) is 31.7 Å². The van der Waals surface area contributed by atoms with E-state index in [-0.39, 0.29) is 18.0 Å². The third kappa shape index (κ3) is 3.83. The lowest BCUT2D eigenvalue weighted by Gasteiger charge is -2.18. The van der Waals surface area contributed by atoms with Gasteiger partial charge in [0, 0.05) is 0 Å². The molecular formula is C11H14ClF4NO. The number of halogens is 5. The minimum Gasteiger partial charge on any atom is -0.391 e. The lowest BCUT2D eigenvalue weighted by molar-refractivity contribution is -0.140. The summed E-state index contributed by atoms with van der Waals surface area (Å²) in [6.07, 6.45) is -5.30. The molecule has 0 amide bonds. The molecule has 0 saturated carbocycles. The van der Waals surface area contributed by atoms with Crippen molar-refractivity contribution in [1.29, 1.82) is 0 Å². The van der Waals surface area contributed by atoms with Gasteiger partial charge in [-0.25, -0.2) is 4.39 Å². The van der Waals surface area contributed by atoms with E-state index >= 15 is 0 Å². The molecule has 3 N–H and O–H groups in total. The summed E-state index contributed by atoms with van der Waals surface area (Å²) in [5, 5.41) is 9.43. The van der Waals surface area contributed by atoms with E-state index in [9.17, 15) is 22.7 Å². The summed E-state index contributed by atoms with van der Waals surface area (Å²) in [4.78, 5) is 0. The largest absolute Gasteiger partial charge is 0.419 e. The Hall–Kier alpha value is -0.850. The van der Waals surface area contributed by atoms with Crippen molar-refractivity contribution >= 4 is 12.4 Å². The second-order valence-corrected chi connectivity index (χ2v) is 3.74. The van der Waals surface area contributed by atoms with Crippen LogP contribution < -0.4 is 5.73 Å². The van der Waals surface area contributed by atoms with E-state index in [1.807, 2.05) is 0 Å². The Balaban J connectivity index is 0.00000289. The molecule has 2 nitrogen and oxygen atoms in total. The van der Waals surface area contributed by atoms with Gasteiger partial charge in [0.25, 0.3) is 0 Å². The maximum Gasteiger partial charge on any atom is 0.419 e. The molecule has 0 heterocycles. The quantitative estimate of drug-likeness (QED) is 0.840. The van der Waals surface area contributed by atoms with Gasteiger partial charge in [0.1, 0.15) is 5.82 Å². The van der Waals surface area contributed by atoms with Crippen LogP contribution in [-0.4, -0.2) is 11.2 Å². The van der Waals surface area contributed by atoms with E-state index < -0.39 is 29.7 Å². The smallest absolute Gasteiger partial charge is 0.391 e. The van der Waals surface area contributed by atoms with E-state index in [1.165, 1.54) is 0 Å². The molecule has 0 fully saturated rings. The molecule has 1 aromatic rings. The van der Waals surface area contributed by atoms with Gasteiger partial charge in [-0.05, 0) is 24.1 Å². The number of aliphatic hydroxyl groups excluding tert-OH is 1. The van der Waals surface area contributed by atoms with Gasteiger partial charge in [0.05, 0.1) is 17.7 Å². The molecule has 0 saturated heterocycles. The van der Waals surface area contributed by atoms with Gasteiger partial charge < -0.3 is 10.8 Å². The standard InChI is InChI=1S/C11H13F4NO.ClH/c1-2-9(17)10(16)6-3-4-7(8(12)5-6)11(13,14)15;/h3-5,9-10,17H,2,16H2,1H3;1H/t9-,10+;/m0./s1. The molecule has 2 atom stereocenters. The van der Waals surface area contributed by atoms with Crippen molar-refractivity contribution in [2.75, 3.05) is 0 Å². The topological polar surface area (TPSA) is 46.2 Å². The van der Waals surface area contributed by atoms with E-state index in [2.05, 4.69) is 0 Å². The summed E-state index contributed by atoms with van der Waals surface area (Å²) in [5.41, 5.74) is 4.39. The Kier molecular flexibility index (Phi) is 6.06. The average molecular weight is 288 g/mol. The zero-order chi connectivity index (χ0) is 13.2. The first kappa shape index (κ1) is 17.2. The van der Waals surface area contributed by atoms with Crippen molar-refractivity contribution < 1.29 is 22.7 Å². The predicted octanol–water partition coefficient (Wildman–Crippen LogP) is 3.04. The first-order chi connectivity index (χ1) is 7.77. The highest BCUT2D eigenvalue weighted by Gasteiger charge is 2.34. The molecule has 0 unspecified atom stereocenters. The van der Waals surface area contributed by atoms with Gasteiger partial charge >= 0.3 is 6.18 Å². The summed E-state index contributed by atoms with van der Waals surface area (Å²) in [7, 11) is 0. The number of hydrogen-bond acceptors (Lipinski definition) is 2. The molecular weight excluding hydrogens is 274 g/mol. The third-order valence-corrected chi connectivity index (χ3v) is 2.52. The molecule has 0 radical (unpaired) electrons. The Morgan fingerprint density at radius 1 is 1.33 bits per heavy atom. The lowest BCUT2D eigenvalue weighted by Crippen LogP contribution is -2.25. The number of aliphatic hydroxyl groups is 1. The van der Waals surface area contributed by atoms with Crippen molar-refractivity contribution in [3.05, 3.63) is 35.1 Å². The zero-order valence-electron chi connectivity index (χ0n) is 9.54. The second-order valence-electron chi connectivity index (χ2n) is 3.74. The van der Waals surface area contributed by atoms with Crippen LogP contribution >= 0.6 is 12.4 Å². The maximum atomic E-state index is 13.2. The van der Waals surface area contributed by atoms with Crippen LogP contribution in [0.1, 0.15) is 30.5 Å². The van der Waals surface area contributed by atoms with Gasteiger partial charge in [0.15, 0.2) is 0 Å². The molecule has 0 aromatic heterocycles. The monoisotopic (exact) mass is 287 g/mol. The zero-order valence-corrected chi connectivity index (χ0v) is 10.4. The molecule has 0 aliphatic rings. The van der Waals surface area contributed by atoms with E-state index in [4.69, 9.17) is 5.73 Å². The Morgan fingerprint density at radius 2 is 1.89 bits per heavy atom. The molecule has 0 aliphatic carbocycles. The number of rotatable bonds is 3. The molecule has 104 valence electrons. The van der Waals surface area contributed by atoms with Gasteiger partial charge in [-0.2, -0.15) is 13.2 Å². The SMILES string of the molecule is CC[C@H](O)[C@H](N)c1ccc(C(F)(F)F)c(F)c1.Cl. The first-order valence-electron chi connectivity index (χ1n) is 5.07. The minimum absolute atomic E-state index is 0. The molecule has 1 rings (SSSR count). The first-order valence-corrected chi connectivity index (χ1v) is 5.07. The van der Waals surface area contributed by atoms with Gasteiger partial charge in [-0.1, -0.05) is 13.0 Å². The van der Waals surface area contributed by atoms with Crippen molar-refractivity contribution in [3.8, 4) is 0 Å². The fourth-order valence-electron chi connectivity index (χ4n) is 1.44. The van der Waals surface area contributed by atoms with Crippen molar-refractivity contribution in [2.24, 2.45) is 5.73 Å². The van der Waals surface area contributed by atoms with Crippen LogP contribution in [0.25, 0.3) is 0 Å². The van der Waals surface area contributed by atoms with Crippen LogP contribution in [0.2, 0.25) is 0 Å². The Bertz CT molecular complexity index is 397. The normalized spacial score (nSPS) is 14.8. The molecule has 7 heteroatoms. The van der Waals surface area contributed by atoms with Gasteiger partial charge in [0.2, 0.25) is 0 Å². The van der Waals surface area contributed by atoms with Crippen molar-refractivity contribution in [3.63, 3.8) is 0 Å². The third-order valence-electron chi connectivity index (χ3n) is 2.52. The highest BCUT2D eigenvalue weighted by atomic mass is 35.5. The fraction of sp³-hybridized carbons (Fsp3) is 0.455. The van der Waals surface area contributed by atoms with E-state index in [0.717, 1.165) is 6.07 Å². The van der Waals surface area contributed by atoms with Crippen LogP contribution in [0.15, 0.2) is 18.2 Å². The highest BCUT2D eigenvalue weighted by Crippen LogP contribution is 2.32. The van der Waals surface area contributed by atoms with Gasteiger partial charge in [-0.3, -0.25) is 0 Å². The summed E-state index contributed by atoms with van der Waals surface area (Å²) < 4.78 is 50.1. The summed E-state index contributed by atoms with van der Waals surface area (Å²) in [6.45, 7) is 1.67. The average Bonchev–Trinajstić information content (AvgIpc) is 2.25. The predicted molar refractivity (Wildman–Crippen MR) is 61.9 cm³/mol. The highest BCUT2D eigenvalue weighted by molar-refractivity contribution is 5.85. The number of alkyl halides is 3. The molecule has 1 aromatic carbocycles. The van der Waals surface area contributed by atoms with E-state index in [1.54, 1.807) is 6.92 Å². The summed E-state index contributed by atoms with van der Waals surface area (Å²) in [5.74, 6) is -1.38. The molecule has 0 spiro atoms. The van der Waals surface area contributed by atoms with Crippen LogP contribution in [0.4, 0.5) is 17.6 Å². The minimum atomic E-state index is -4.73. The molecule has 18 heavy (non-hydrogen) atoms. The van der Waals surface area contributed by atoms with Crippen LogP contribution in [0.5, 0.6) is 0 Å². The summed E-state index contributed by atoms with van der Waals surface area (Å²) in [6, 6.07) is 1.53. The van der Waals surface area contributed by atoms with Crippen LogP contribution in [0.3, 0.4) is 0 Å². The molecule has 0 bridgehead atoms. The lowest BCUT2D eigenvalue weighted by atomic mass is 9.99. The summed E-state index contributed by atoms with van der Waals surface area (Å²) >= 11 is 0. The van der Waals surface area contributed by atoms with Crippen LogP contribution in [0, 0.1) is 5.82 Å². The Labute approximate surface area is 108 Å². The number of hydrogen-bond donors (Lipinski definition) is 2. The van der Waals surface area contributed by atoms with Gasteiger partial charge in [-0.15, -0.1) is 12.4 Å². The van der Waals surface area contributed by atoms with E-state index in [0.29, 0.717) is 18.6 Å². The second kappa shape index (κ2) is 6.36. The van der Waals surface area contributed by atoms with Crippen LogP contribution in [-0.2, 0) is 6.18 Å². The molecule has 0 aliphatic heterocycles. The Morgan fingerprint density at radius 3 is 2.28 bits per heavy atom. The maximum absolute atomic E-state index is 13.2. The fourth-order valence-corrected chi connectivity index (χ4v) is 1.44. The number of benzene rings is 1.